The van der Waals surface area contributed by atoms with Crippen LogP contribution in [0.5, 0.6) is 0 Å². The highest BCUT2D eigenvalue weighted by Crippen LogP contribution is 2.35. The Bertz CT molecular complexity index is 468. The molecular formula is C12H15ClF3N3. The van der Waals surface area contributed by atoms with Gasteiger partial charge in [-0.25, -0.2) is 0 Å². The zero-order valence-electron chi connectivity index (χ0n) is 10.8. The summed E-state index contributed by atoms with van der Waals surface area (Å²) in [5.41, 5.74) is 1.70. The highest BCUT2D eigenvalue weighted by atomic mass is 35.5. The van der Waals surface area contributed by atoms with Gasteiger partial charge in [0, 0.05) is 13.1 Å². The minimum absolute atomic E-state index is 0.103. The van der Waals surface area contributed by atoms with Gasteiger partial charge in [0.05, 0.1) is 5.92 Å². The molecule has 0 spiro atoms. The van der Waals surface area contributed by atoms with Gasteiger partial charge in [0.2, 0.25) is 0 Å². The minimum Gasteiger partial charge on any atom is -0.355 e. The minimum atomic E-state index is -4.09. The molecule has 19 heavy (non-hydrogen) atoms. The van der Waals surface area contributed by atoms with Crippen LogP contribution in [-0.2, 0) is 0 Å². The highest BCUT2D eigenvalue weighted by Gasteiger charge is 2.41. The van der Waals surface area contributed by atoms with Crippen molar-refractivity contribution in [3.63, 3.8) is 0 Å². The molecule has 0 unspecified atom stereocenters. The molecule has 1 aliphatic rings. The lowest BCUT2D eigenvalue weighted by Crippen LogP contribution is -2.39. The van der Waals surface area contributed by atoms with Crippen molar-refractivity contribution in [2.45, 2.75) is 32.9 Å². The largest absolute Gasteiger partial charge is 0.391 e. The van der Waals surface area contributed by atoms with Crippen molar-refractivity contribution < 1.29 is 13.2 Å². The zero-order valence-corrected chi connectivity index (χ0v) is 11.5. The fraction of sp³-hybridized carbons (Fsp3) is 0.667. The second kappa shape index (κ2) is 5.15. The number of halogens is 4. The second-order valence-electron chi connectivity index (χ2n) is 4.87. The van der Waals surface area contributed by atoms with Crippen LogP contribution in [0.1, 0.15) is 24.0 Å². The van der Waals surface area contributed by atoms with Crippen molar-refractivity contribution in [3.05, 3.63) is 16.3 Å². The molecule has 0 N–H and O–H groups in total. The Balaban J connectivity index is 2.12. The maximum atomic E-state index is 12.6. The number of nitrogens with zero attached hydrogens (tertiary/aromatic N) is 3. The van der Waals surface area contributed by atoms with E-state index in [1.807, 2.05) is 18.7 Å². The topological polar surface area (TPSA) is 29.0 Å². The summed E-state index contributed by atoms with van der Waals surface area (Å²) in [7, 11) is 0. The van der Waals surface area contributed by atoms with E-state index in [0.717, 1.165) is 11.1 Å². The van der Waals surface area contributed by atoms with Crippen LogP contribution in [0.4, 0.5) is 19.0 Å². The molecule has 0 amide bonds. The molecule has 0 aromatic carbocycles. The Kier molecular flexibility index (Phi) is 3.90. The van der Waals surface area contributed by atoms with E-state index in [4.69, 9.17) is 11.6 Å². The summed E-state index contributed by atoms with van der Waals surface area (Å²) in [4.78, 5) is 1.86. The molecule has 0 aliphatic carbocycles. The van der Waals surface area contributed by atoms with Gasteiger partial charge in [0.15, 0.2) is 11.0 Å². The van der Waals surface area contributed by atoms with E-state index in [0.29, 0.717) is 24.1 Å². The molecule has 1 aromatic rings. The monoisotopic (exact) mass is 293 g/mol. The Morgan fingerprint density at radius 3 is 2.21 bits per heavy atom. The standard InChI is InChI=1S/C12H15ClF3N3/c1-7-8(2)11(18-17-10(7)13)19-5-3-9(4-6-19)12(14,15)16/h9H,3-6H2,1-2H3. The number of hydrogen-bond donors (Lipinski definition) is 0. The van der Waals surface area contributed by atoms with Crippen molar-refractivity contribution in [2.24, 2.45) is 5.92 Å². The van der Waals surface area contributed by atoms with Gasteiger partial charge in [-0.1, -0.05) is 11.6 Å². The smallest absolute Gasteiger partial charge is 0.355 e. The molecule has 2 rings (SSSR count). The molecule has 1 fully saturated rings. The van der Waals surface area contributed by atoms with E-state index in [1.54, 1.807) is 0 Å². The molecule has 0 atom stereocenters. The molecule has 2 heterocycles. The van der Waals surface area contributed by atoms with E-state index < -0.39 is 12.1 Å². The number of piperidine rings is 1. The number of hydrogen-bond acceptors (Lipinski definition) is 3. The van der Waals surface area contributed by atoms with E-state index in [9.17, 15) is 13.2 Å². The first-order chi connectivity index (χ1) is 8.80. The molecule has 7 heteroatoms. The van der Waals surface area contributed by atoms with Crippen LogP contribution in [0, 0.1) is 19.8 Å². The molecule has 1 aromatic heterocycles. The molecule has 106 valence electrons. The van der Waals surface area contributed by atoms with Crippen molar-refractivity contribution in [3.8, 4) is 0 Å². The number of rotatable bonds is 1. The summed E-state index contributed by atoms with van der Waals surface area (Å²) >= 11 is 5.87. The fourth-order valence-corrected chi connectivity index (χ4v) is 2.46. The van der Waals surface area contributed by atoms with Crippen molar-refractivity contribution in [2.75, 3.05) is 18.0 Å². The van der Waals surface area contributed by atoms with Gasteiger partial charge in [-0.2, -0.15) is 13.2 Å². The van der Waals surface area contributed by atoms with Crippen LogP contribution in [-0.4, -0.2) is 29.5 Å². The molecule has 1 saturated heterocycles. The molecule has 0 bridgehead atoms. The highest BCUT2D eigenvalue weighted by molar-refractivity contribution is 6.30. The predicted octanol–water partition coefficient (Wildman–Crippen LogP) is 3.53. The maximum absolute atomic E-state index is 12.6. The summed E-state index contributed by atoms with van der Waals surface area (Å²) in [6.07, 6.45) is -3.89. The first-order valence-corrected chi connectivity index (χ1v) is 6.49. The summed E-state index contributed by atoms with van der Waals surface area (Å²) < 4.78 is 37.8. The average molecular weight is 294 g/mol. The van der Waals surface area contributed by atoms with Gasteiger partial charge in [0.25, 0.3) is 0 Å². The van der Waals surface area contributed by atoms with Gasteiger partial charge in [0.1, 0.15) is 0 Å². The normalized spacial score (nSPS) is 17.9. The molecular weight excluding hydrogens is 279 g/mol. The van der Waals surface area contributed by atoms with Crippen LogP contribution in [0.15, 0.2) is 0 Å². The third-order valence-corrected chi connectivity index (χ3v) is 4.06. The number of anilines is 1. The van der Waals surface area contributed by atoms with Gasteiger partial charge in [-0.05, 0) is 37.8 Å². The average Bonchev–Trinajstić information content (AvgIpc) is 2.35. The third kappa shape index (κ3) is 2.94. The van der Waals surface area contributed by atoms with Gasteiger partial charge >= 0.3 is 6.18 Å². The van der Waals surface area contributed by atoms with E-state index in [1.165, 1.54) is 0 Å². The lowest BCUT2D eigenvalue weighted by atomic mass is 9.96. The van der Waals surface area contributed by atoms with E-state index in [-0.39, 0.29) is 12.8 Å². The van der Waals surface area contributed by atoms with Crippen molar-refractivity contribution in [1.82, 2.24) is 10.2 Å². The van der Waals surface area contributed by atoms with Gasteiger partial charge < -0.3 is 4.90 Å². The Labute approximate surface area is 114 Å². The first-order valence-electron chi connectivity index (χ1n) is 6.11. The Morgan fingerprint density at radius 2 is 1.68 bits per heavy atom. The third-order valence-electron chi connectivity index (χ3n) is 3.70. The van der Waals surface area contributed by atoms with Crippen LogP contribution >= 0.6 is 11.6 Å². The molecule has 0 saturated carbocycles. The molecule has 0 radical (unpaired) electrons. The SMILES string of the molecule is Cc1c(Cl)nnc(N2CCC(C(F)(F)F)CC2)c1C. The summed E-state index contributed by atoms with van der Waals surface area (Å²) in [5, 5.41) is 8.19. The van der Waals surface area contributed by atoms with Crippen LogP contribution in [0.25, 0.3) is 0 Å². The van der Waals surface area contributed by atoms with Crippen molar-refractivity contribution in [1.29, 1.82) is 0 Å². The number of alkyl halides is 3. The summed E-state index contributed by atoms with van der Waals surface area (Å²) in [6, 6.07) is 0. The Morgan fingerprint density at radius 1 is 1.11 bits per heavy atom. The van der Waals surface area contributed by atoms with Gasteiger partial charge in [-0.3, -0.25) is 0 Å². The number of aromatic nitrogens is 2. The summed E-state index contributed by atoms with van der Waals surface area (Å²) in [5.74, 6) is -0.562. The lowest BCUT2D eigenvalue weighted by molar-refractivity contribution is -0.179. The Hall–Kier alpha value is -1.04. The fourth-order valence-electron chi connectivity index (χ4n) is 2.28. The molecule has 3 nitrogen and oxygen atoms in total. The van der Waals surface area contributed by atoms with Crippen molar-refractivity contribution >= 4 is 17.4 Å². The molecule has 1 aliphatic heterocycles. The van der Waals surface area contributed by atoms with E-state index >= 15 is 0 Å². The quantitative estimate of drug-likeness (QED) is 0.793. The zero-order chi connectivity index (χ0) is 14.2. The van der Waals surface area contributed by atoms with Crippen LogP contribution in [0.3, 0.4) is 0 Å². The maximum Gasteiger partial charge on any atom is 0.391 e. The second-order valence-corrected chi connectivity index (χ2v) is 5.23. The lowest BCUT2D eigenvalue weighted by Gasteiger charge is -2.34. The van der Waals surface area contributed by atoms with Crippen LogP contribution in [0.2, 0.25) is 5.15 Å². The van der Waals surface area contributed by atoms with E-state index in [2.05, 4.69) is 10.2 Å². The van der Waals surface area contributed by atoms with Crippen LogP contribution < -0.4 is 4.90 Å². The van der Waals surface area contributed by atoms with Gasteiger partial charge in [-0.15, -0.1) is 10.2 Å². The summed E-state index contributed by atoms with van der Waals surface area (Å²) in [6.45, 7) is 4.39. The predicted molar refractivity (Wildman–Crippen MR) is 67.5 cm³/mol. The first kappa shape index (κ1) is 14.4.